The van der Waals surface area contributed by atoms with Crippen LogP contribution in [0.25, 0.3) is 22.5 Å². The molecule has 0 amide bonds. The van der Waals surface area contributed by atoms with Gasteiger partial charge in [0.05, 0.1) is 0 Å². The minimum Gasteiger partial charge on any atom is -0.489 e. The van der Waals surface area contributed by atoms with E-state index in [1.54, 1.807) is 60.7 Å². The van der Waals surface area contributed by atoms with Crippen LogP contribution in [-0.2, 0) is 31.2 Å². The maximum absolute atomic E-state index is 13.8. The summed E-state index contributed by atoms with van der Waals surface area (Å²) in [6.45, 7) is 0.227. The highest BCUT2D eigenvalue weighted by Crippen LogP contribution is 2.26. The van der Waals surface area contributed by atoms with Gasteiger partial charge in [0.1, 0.15) is 72.6 Å². The predicted molar refractivity (Wildman–Crippen MR) is 154 cm³/mol. The summed E-state index contributed by atoms with van der Waals surface area (Å²) in [5.41, 5.74) is 3.27. The first kappa shape index (κ1) is 29.6. The molecule has 0 aliphatic heterocycles. The lowest BCUT2D eigenvalue weighted by Gasteiger charge is -2.07. The van der Waals surface area contributed by atoms with Crippen molar-refractivity contribution < 1.29 is 40.8 Å². The average molecular weight is 617 g/mol. The molecule has 6 rings (SSSR count). The van der Waals surface area contributed by atoms with Gasteiger partial charge in [0.15, 0.2) is 11.5 Å². The molecule has 0 aliphatic rings. The molecular weight excluding hydrogens is 592 g/mol. The summed E-state index contributed by atoms with van der Waals surface area (Å²) in [5.74, 6) is -0.555. The number of halogens is 4. The van der Waals surface area contributed by atoms with Crippen molar-refractivity contribution in [2.75, 3.05) is 0 Å². The highest BCUT2D eigenvalue weighted by molar-refractivity contribution is 5.60. The molecule has 0 bridgehead atoms. The summed E-state index contributed by atoms with van der Waals surface area (Å²) < 4.78 is 81.5. The molecule has 228 valence electrons. The third kappa shape index (κ3) is 7.57. The molecule has 0 fully saturated rings. The smallest absolute Gasteiger partial charge is 0.163 e. The molecule has 11 heteroatoms. The number of hydrogen-bond donors (Lipinski definition) is 0. The third-order valence-electron chi connectivity index (χ3n) is 6.73. The Morgan fingerprint density at radius 2 is 0.911 bits per heavy atom. The second kappa shape index (κ2) is 13.5. The monoisotopic (exact) mass is 616 g/mol. The zero-order valence-electron chi connectivity index (χ0n) is 23.5. The van der Waals surface area contributed by atoms with Gasteiger partial charge >= 0.3 is 0 Å². The van der Waals surface area contributed by atoms with Gasteiger partial charge in [-0.05, 0) is 72.8 Å². The minimum atomic E-state index is -0.662. The van der Waals surface area contributed by atoms with E-state index in [2.05, 4.69) is 10.3 Å². The first-order valence-electron chi connectivity index (χ1n) is 13.7. The van der Waals surface area contributed by atoms with Crippen molar-refractivity contribution in [2.24, 2.45) is 0 Å². The number of ether oxygens (including phenoxy) is 3. The third-order valence-corrected chi connectivity index (χ3v) is 6.73. The first-order chi connectivity index (χ1) is 21.9. The van der Waals surface area contributed by atoms with Crippen LogP contribution in [-0.4, -0.2) is 10.3 Å². The Balaban J connectivity index is 0.964. The lowest BCUT2D eigenvalue weighted by Crippen LogP contribution is -1.99. The molecule has 0 spiro atoms. The maximum Gasteiger partial charge on any atom is 0.163 e. The van der Waals surface area contributed by atoms with Gasteiger partial charge < -0.3 is 23.3 Å². The van der Waals surface area contributed by atoms with Gasteiger partial charge in [0.2, 0.25) is 0 Å². The van der Waals surface area contributed by atoms with Crippen LogP contribution in [0.2, 0.25) is 0 Å². The van der Waals surface area contributed by atoms with Gasteiger partial charge in [-0.15, -0.1) is 0 Å². The number of hydrogen-bond acceptors (Lipinski definition) is 7. The maximum atomic E-state index is 13.8. The number of nitrogens with zero attached hydrogens (tertiary/aromatic N) is 2. The molecule has 0 saturated heterocycles. The van der Waals surface area contributed by atoms with Crippen LogP contribution in [0.5, 0.6) is 11.5 Å². The van der Waals surface area contributed by atoms with Crippen molar-refractivity contribution in [3.8, 4) is 34.0 Å². The SMILES string of the molecule is Fc1ccc(COc2ccc(-c3cc(COCc4cc(-c5ccc(OCc6ccc(F)cc6F)cc5)no4)on3)cc2)c(F)c1. The van der Waals surface area contributed by atoms with E-state index in [1.807, 2.05) is 0 Å². The van der Waals surface area contributed by atoms with E-state index >= 15 is 0 Å². The topological polar surface area (TPSA) is 79.8 Å². The molecule has 6 aromatic rings. The molecule has 7 nitrogen and oxygen atoms in total. The molecule has 0 unspecified atom stereocenters. The Hall–Kier alpha value is -5.42. The molecule has 0 saturated carbocycles. The second-order valence-electron chi connectivity index (χ2n) is 9.95. The number of aromatic nitrogens is 2. The van der Waals surface area contributed by atoms with Gasteiger partial charge in [0.25, 0.3) is 0 Å². The molecule has 0 radical (unpaired) electrons. The van der Waals surface area contributed by atoms with Crippen molar-refractivity contribution >= 4 is 0 Å². The molecule has 2 heterocycles. The van der Waals surface area contributed by atoms with E-state index in [0.29, 0.717) is 34.4 Å². The van der Waals surface area contributed by atoms with Gasteiger partial charge in [-0.1, -0.05) is 10.3 Å². The summed E-state index contributed by atoms with van der Waals surface area (Å²) in [6, 6.07) is 24.3. The minimum absolute atomic E-state index is 0.0336. The summed E-state index contributed by atoms with van der Waals surface area (Å²) in [6.07, 6.45) is 0. The average Bonchev–Trinajstić information content (AvgIpc) is 3.71. The van der Waals surface area contributed by atoms with Crippen LogP contribution < -0.4 is 9.47 Å². The van der Waals surface area contributed by atoms with E-state index in [1.165, 1.54) is 24.3 Å². The largest absolute Gasteiger partial charge is 0.489 e. The number of rotatable bonds is 12. The van der Waals surface area contributed by atoms with Crippen LogP contribution in [0, 0.1) is 23.3 Å². The highest BCUT2D eigenvalue weighted by Gasteiger charge is 2.12. The number of benzene rings is 4. The summed E-state index contributed by atoms with van der Waals surface area (Å²) in [5, 5.41) is 8.17. The molecular formula is C34H24F4N2O5. The molecule has 2 aromatic heterocycles. The van der Waals surface area contributed by atoms with Crippen LogP contribution >= 0.6 is 0 Å². The van der Waals surface area contributed by atoms with Crippen molar-refractivity contribution in [1.29, 1.82) is 0 Å². The van der Waals surface area contributed by atoms with E-state index in [4.69, 9.17) is 23.3 Å². The standard InChI is InChI=1S/C34H24F4N2O5/c35-25-7-1-23(31(37)13-25)17-42-27-9-3-21(4-10-27)33-15-29(44-39-33)19-41-20-30-16-34(40-45-30)22-5-11-28(12-6-22)43-18-24-2-8-26(36)14-32(24)38/h1-16H,17-20H2. The summed E-state index contributed by atoms with van der Waals surface area (Å²) >= 11 is 0. The van der Waals surface area contributed by atoms with Gasteiger partial charge in [-0.3, -0.25) is 0 Å². The Labute approximate surface area is 254 Å². The Bertz CT molecular complexity index is 1750. The van der Waals surface area contributed by atoms with E-state index in [0.717, 1.165) is 23.3 Å². The van der Waals surface area contributed by atoms with Crippen LogP contribution in [0.15, 0.2) is 106 Å². The van der Waals surface area contributed by atoms with E-state index in [9.17, 15) is 17.6 Å². The first-order valence-corrected chi connectivity index (χ1v) is 13.7. The molecule has 45 heavy (non-hydrogen) atoms. The van der Waals surface area contributed by atoms with Crippen molar-refractivity contribution in [3.63, 3.8) is 0 Å². The van der Waals surface area contributed by atoms with Crippen molar-refractivity contribution in [1.82, 2.24) is 10.3 Å². The highest BCUT2D eigenvalue weighted by atomic mass is 19.1. The van der Waals surface area contributed by atoms with Crippen LogP contribution in [0.3, 0.4) is 0 Å². The molecule has 0 N–H and O–H groups in total. The van der Waals surface area contributed by atoms with Gasteiger partial charge in [-0.2, -0.15) is 0 Å². The van der Waals surface area contributed by atoms with Crippen molar-refractivity contribution in [2.45, 2.75) is 26.4 Å². The second-order valence-corrected chi connectivity index (χ2v) is 9.95. The Morgan fingerprint density at radius 1 is 0.489 bits per heavy atom. The van der Waals surface area contributed by atoms with Crippen LogP contribution in [0.1, 0.15) is 22.6 Å². The lowest BCUT2D eigenvalue weighted by molar-refractivity contribution is 0.0727. The van der Waals surface area contributed by atoms with E-state index < -0.39 is 23.3 Å². The zero-order chi connectivity index (χ0) is 31.2. The Morgan fingerprint density at radius 3 is 1.31 bits per heavy atom. The van der Waals surface area contributed by atoms with Gasteiger partial charge in [-0.25, -0.2) is 17.6 Å². The lowest BCUT2D eigenvalue weighted by atomic mass is 10.1. The fraction of sp³-hybridized carbons (Fsp3) is 0.118. The quantitative estimate of drug-likeness (QED) is 0.128. The fourth-order valence-corrected chi connectivity index (χ4v) is 4.33. The molecule has 4 aromatic carbocycles. The van der Waals surface area contributed by atoms with Crippen LogP contribution in [0.4, 0.5) is 17.6 Å². The fourth-order valence-electron chi connectivity index (χ4n) is 4.33. The molecule has 0 atom stereocenters. The predicted octanol–water partition coefficient (Wildman–Crippen LogP) is 8.43. The Kier molecular flexibility index (Phi) is 8.88. The zero-order valence-corrected chi connectivity index (χ0v) is 23.5. The molecule has 0 aliphatic carbocycles. The van der Waals surface area contributed by atoms with E-state index in [-0.39, 0.29) is 37.6 Å². The van der Waals surface area contributed by atoms with Crippen molar-refractivity contribution in [3.05, 3.63) is 143 Å². The normalized spacial score (nSPS) is 11.1. The van der Waals surface area contributed by atoms with Gasteiger partial charge in [0, 0.05) is 46.5 Å². The summed E-state index contributed by atoms with van der Waals surface area (Å²) in [7, 11) is 0. The summed E-state index contributed by atoms with van der Waals surface area (Å²) in [4.78, 5) is 0.